The van der Waals surface area contributed by atoms with Gasteiger partial charge in [-0.05, 0) is 75.9 Å². The zero-order chi connectivity index (χ0) is 17.2. The quantitative estimate of drug-likeness (QED) is 0.545. The van der Waals surface area contributed by atoms with Gasteiger partial charge in [0, 0.05) is 17.3 Å². The van der Waals surface area contributed by atoms with Crippen molar-refractivity contribution in [3.8, 4) is 0 Å². The van der Waals surface area contributed by atoms with Crippen molar-refractivity contribution in [3.05, 3.63) is 47.8 Å². The van der Waals surface area contributed by atoms with E-state index in [1.165, 1.54) is 16.0 Å². The predicted molar refractivity (Wildman–Crippen MR) is 105 cm³/mol. The summed E-state index contributed by atoms with van der Waals surface area (Å²) >= 11 is 1.64. The SMILES string of the molecule is C\C=C/N=C(C)\C(C)=N\C=C(/C)c1ccc(CC)cc1SNC. The smallest absolute Gasteiger partial charge is 0.0584 e. The second kappa shape index (κ2) is 10.2. The molecule has 0 fully saturated rings. The Morgan fingerprint density at radius 1 is 1.17 bits per heavy atom. The fourth-order valence-corrected chi connectivity index (χ4v) is 2.71. The summed E-state index contributed by atoms with van der Waals surface area (Å²) in [5.74, 6) is 0. The molecule has 0 atom stereocenters. The minimum atomic E-state index is 0.926. The molecule has 3 nitrogen and oxygen atoms in total. The maximum atomic E-state index is 4.56. The van der Waals surface area contributed by atoms with Crippen molar-refractivity contribution >= 4 is 28.9 Å². The summed E-state index contributed by atoms with van der Waals surface area (Å²) in [5.41, 5.74) is 5.55. The van der Waals surface area contributed by atoms with Crippen LogP contribution < -0.4 is 4.72 Å². The minimum Gasteiger partial charge on any atom is -0.263 e. The Balaban J connectivity index is 3.10. The highest BCUT2D eigenvalue weighted by Gasteiger charge is 2.06. The average Bonchev–Trinajstić information content (AvgIpc) is 2.57. The van der Waals surface area contributed by atoms with Gasteiger partial charge in [-0.2, -0.15) is 0 Å². The lowest BCUT2D eigenvalue weighted by Crippen LogP contribution is -2.04. The first-order valence-electron chi connectivity index (χ1n) is 7.87. The summed E-state index contributed by atoms with van der Waals surface area (Å²) in [7, 11) is 1.94. The van der Waals surface area contributed by atoms with E-state index in [1.54, 1.807) is 18.1 Å². The summed E-state index contributed by atoms with van der Waals surface area (Å²) in [6, 6.07) is 6.60. The van der Waals surface area contributed by atoms with Gasteiger partial charge in [0.2, 0.25) is 0 Å². The normalized spacial score (nSPS) is 13.9. The van der Waals surface area contributed by atoms with Crippen molar-refractivity contribution in [1.29, 1.82) is 0 Å². The number of hydrogen-bond acceptors (Lipinski definition) is 4. The van der Waals surface area contributed by atoms with Crippen LogP contribution in [-0.2, 0) is 6.42 Å². The fourth-order valence-electron chi connectivity index (χ4n) is 1.94. The number of rotatable bonds is 7. The van der Waals surface area contributed by atoms with Crippen LogP contribution in [0.4, 0.5) is 0 Å². The Labute approximate surface area is 144 Å². The summed E-state index contributed by atoms with van der Waals surface area (Å²) < 4.78 is 3.16. The Kier molecular flexibility index (Phi) is 8.59. The molecule has 0 bridgehead atoms. The number of hydrogen-bond donors (Lipinski definition) is 1. The zero-order valence-corrected chi connectivity index (χ0v) is 15.8. The van der Waals surface area contributed by atoms with E-state index in [2.05, 4.69) is 46.8 Å². The van der Waals surface area contributed by atoms with E-state index in [0.717, 1.165) is 23.4 Å². The highest BCUT2D eigenvalue weighted by Crippen LogP contribution is 2.27. The van der Waals surface area contributed by atoms with Crippen LogP contribution in [-0.4, -0.2) is 18.5 Å². The van der Waals surface area contributed by atoms with Crippen LogP contribution in [0.1, 0.15) is 45.7 Å². The van der Waals surface area contributed by atoms with E-state index < -0.39 is 0 Å². The molecule has 0 saturated carbocycles. The van der Waals surface area contributed by atoms with Gasteiger partial charge in [-0.15, -0.1) is 0 Å². The molecule has 0 spiro atoms. The van der Waals surface area contributed by atoms with E-state index in [1.807, 2.05) is 40.1 Å². The van der Waals surface area contributed by atoms with Crippen LogP contribution >= 0.6 is 11.9 Å². The van der Waals surface area contributed by atoms with E-state index in [4.69, 9.17) is 0 Å². The lowest BCUT2D eigenvalue weighted by molar-refractivity contribution is 1.11. The molecule has 0 heterocycles. The third kappa shape index (κ3) is 6.16. The molecule has 1 N–H and O–H groups in total. The first-order valence-corrected chi connectivity index (χ1v) is 8.69. The van der Waals surface area contributed by atoms with Crippen LogP contribution in [0.2, 0.25) is 0 Å². The van der Waals surface area contributed by atoms with E-state index in [0.29, 0.717) is 0 Å². The second-order valence-corrected chi connectivity index (χ2v) is 6.27. The predicted octanol–water partition coefficient (Wildman–Crippen LogP) is 5.29. The number of nitrogens with one attached hydrogen (secondary N) is 1. The molecule has 1 aromatic carbocycles. The lowest BCUT2D eigenvalue weighted by atomic mass is 10.0. The summed E-state index contributed by atoms with van der Waals surface area (Å²) in [6.07, 6.45) is 6.66. The topological polar surface area (TPSA) is 36.8 Å². The van der Waals surface area contributed by atoms with Gasteiger partial charge in [0.05, 0.1) is 11.4 Å². The average molecular weight is 330 g/mol. The third-order valence-corrected chi connectivity index (χ3v) is 4.25. The van der Waals surface area contributed by atoms with Gasteiger partial charge in [0.15, 0.2) is 0 Å². The van der Waals surface area contributed by atoms with Crippen LogP contribution in [0.3, 0.4) is 0 Å². The largest absolute Gasteiger partial charge is 0.263 e. The van der Waals surface area contributed by atoms with Gasteiger partial charge in [0.1, 0.15) is 0 Å². The van der Waals surface area contributed by atoms with Gasteiger partial charge >= 0.3 is 0 Å². The molecular formula is C19H27N3S. The van der Waals surface area contributed by atoms with Crippen molar-refractivity contribution in [3.63, 3.8) is 0 Å². The molecule has 0 unspecified atom stereocenters. The van der Waals surface area contributed by atoms with Crippen LogP contribution in [0.25, 0.3) is 5.57 Å². The highest BCUT2D eigenvalue weighted by atomic mass is 32.2. The molecule has 4 heteroatoms. The Morgan fingerprint density at radius 3 is 2.48 bits per heavy atom. The maximum Gasteiger partial charge on any atom is 0.0584 e. The number of nitrogens with zero attached hydrogens (tertiary/aromatic N) is 2. The van der Waals surface area contributed by atoms with Crippen LogP contribution in [0.15, 0.2) is 51.6 Å². The Hall–Kier alpha value is -1.65. The number of allylic oxidation sites excluding steroid dienone is 2. The molecule has 0 aliphatic heterocycles. The van der Waals surface area contributed by atoms with Crippen molar-refractivity contribution in [2.45, 2.75) is 45.9 Å². The zero-order valence-electron chi connectivity index (χ0n) is 15.0. The number of aliphatic imine (C=N–C) groups is 2. The molecule has 124 valence electrons. The molecule has 0 aliphatic carbocycles. The van der Waals surface area contributed by atoms with Gasteiger partial charge in [-0.3, -0.25) is 14.7 Å². The molecule has 0 aromatic heterocycles. The van der Waals surface area contributed by atoms with E-state index in [-0.39, 0.29) is 0 Å². The van der Waals surface area contributed by atoms with E-state index >= 15 is 0 Å². The third-order valence-electron chi connectivity index (χ3n) is 3.48. The second-order valence-electron chi connectivity index (χ2n) is 5.21. The number of benzene rings is 1. The maximum absolute atomic E-state index is 4.56. The summed E-state index contributed by atoms with van der Waals surface area (Å²) in [5, 5.41) is 0. The Morgan fingerprint density at radius 2 is 1.87 bits per heavy atom. The fraction of sp³-hybridized carbons (Fsp3) is 0.368. The molecule has 1 aromatic rings. The van der Waals surface area contributed by atoms with Gasteiger partial charge in [-0.1, -0.05) is 25.1 Å². The standard InChI is InChI=1S/C19H27N3S/c1-7-11-21-15(4)16(5)22-13-14(3)18-10-9-17(8-2)12-19(18)23-20-6/h7,9-13,20H,8H2,1-6H3/b11-7-,14-13+,21-15-,22-16+. The Bertz CT molecular complexity index is 640. The molecule has 0 amide bonds. The van der Waals surface area contributed by atoms with Crippen LogP contribution in [0.5, 0.6) is 0 Å². The molecule has 1 rings (SSSR count). The minimum absolute atomic E-state index is 0.926. The first-order chi connectivity index (χ1) is 11.0. The molecule has 0 aliphatic rings. The van der Waals surface area contributed by atoms with E-state index in [9.17, 15) is 0 Å². The molecule has 23 heavy (non-hydrogen) atoms. The highest BCUT2D eigenvalue weighted by molar-refractivity contribution is 7.97. The van der Waals surface area contributed by atoms with Crippen molar-refractivity contribution in [1.82, 2.24) is 4.72 Å². The van der Waals surface area contributed by atoms with Gasteiger partial charge < -0.3 is 0 Å². The molecule has 0 radical (unpaired) electrons. The number of aryl methyl sites for hydroxylation is 1. The van der Waals surface area contributed by atoms with Gasteiger partial charge in [0.25, 0.3) is 0 Å². The van der Waals surface area contributed by atoms with Crippen molar-refractivity contribution < 1.29 is 0 Å². The summed E-state index contributed by atoms with van der Waals surface area (Å²) in [4.78, 5) is 10.1. The first kappa shape index (κ1) is 19.4. The summed E-state index contributed by atoms with van der Waals surface area (Å²) in [6.45, 7) is 10.2. The monoisotopic (exact) mass is 329 g/mol. The lowest BCUT2D eigenvalue weighted by Gasteiger charge is -2.10. The molecule has 0 saturated heterocycles. The van der Waals surface area contributed by atoms with Crippen LogP contribution in [0, 0.1) is 0 Å². The molecular weight excluding hydrogens is 302 g/mol. The van der Waals surface area contributed by atoms with Crippen molar-refractivity contribution in [2.24, 2.45) is 9.98 Å². The van der Waals surface area contributed by atoms with Crippen molar-refractivity contribution in [2.75, 3.05) is 7.05 Å². The van der Waals surface area contributed by atoms with Gasteiger partial charge in [-0.25, -0.2) is 0 Å².